The van der Waals surface area contributed by atoms with Gasteiger partial charge in [0.2, 0.25) is 15.8 Å². The van der Waals surface area contributed by atoms with Gasteiger partial charge >= 0.3 is 5.97 Å². The maximum Gasteiger partial charge on any atom is 0.338 e. The van der Waals surface area contributed by atoms with Crippen LogP contribution in [0.5, 0.6) is 0 Å². The molecule has 0 atom stereocenters. The lowest BCUT2D eigenvalue weighted by Crippen LogP contribution is -2.28. The second-order valence-corrected chi connectivity index (χ2v) is 8.72. The molecule has 1 saturated heterocycles. The van der Waals surface area contributed by atoms with E-state index in [4.69, 9.17) is 9.15 Å². The highest BCUT2D eigenvalue weighted by Gasteiger charge is 2.28. The van der Waals surface area contributed by atoms with E-state index >= 15 is 0 Å². The Kier molecular flexibility index (Phi) is 5.21. The first-order chi connectivity index (χ1) is 13.9. The molecule has 0 unspecified atom stereocenters. The summed E-state index contributed by atoms with van der Waals surface area (Å²) >= 11 is 0. The van der Waals surface area contributed by atoms with Crippen molar-refractivity contribution in [2.75, 3.05) is 19.7 Å². The number of esters is 1. The van der Waals surface area contributed by atoms with Crippen LogP contribution in [0.25, 0.3) is 11.0 Å². The molecule has 0 bridgehead atoms. The lowest BCUT2D eigenvalue weighted by Gasteiger charge is -2.15. The molecule has 8 heteroatoms. The first-order valence-corrected chi connectivity index (χ1v) is 10.7. The summed E-state index contributed by atoms with van der Waals surface area (Å²) in [5.74, 6) is -1.15. The van der Waals surface area contributed by atoms with Crippen LogP contribution in [0, 0.1) is 0 Å². The number of ketones is 1. The molecule has 0 saturated carbocycles. The fraction of sp³-hybridized carbons (Fsp3) is 0.238. The highest BCUT2D eigenvalue weighted by atomic mass is 32.2. The Morgan fingerprint density at radius 2 is 1.76 bits per heavy atom. The third-order valence-electron chi connectivity index (χ3n) is 4.81. The maximum atomic E-state index is 12.7. The lowest BCUT2D eigenvalue weighted by atomic mass is 10.2. The third-order valence-corrected chi connectivity index (χ3v) is 6.70. The highest BCUT2D eigenvalue weighted by molar-refractivity contribution is 7.89. The summed E-state index contributed by atoms with van der Waals surface area (Å²) in [6, 6.07) is 14.4. The Labute approximate surface area is 167 Å². The first-order valence-electron chi connectivity index (χ1n) is 9.24. The third kappa shape index (κ3) is 3.94. The SMILES string of the molecule is O=C(OCC(=O)c1cc2ccccc2o1)c1cccc(S(=O)(=O)N2CCCC2)c1. The van der Waals surface area contributed by atoms with E-state index in [0.717, 1.165) is 18.2 Å². The van der Waals surface area contributed by atoms with E-state index in [9.17, 15) is 18.0 Å². The monoisotopic (exact) mass is 413 g/mol. The molecule has 3 aromatic rings. The molecule has 1 aromatic heterocycles. The minimum absolute atomic E-state index is 0.0393. The van der Waals surface area contributed by atoms with Gasteiger partial charge in [-0.15, -0.1) is 0 Å². The molecule has 150 valence electrons. The fourth-order valence-corrected chi connectivity index (χ4v) is 4.83. The average molecular weight is 413 g/mol. The number of sulfonamides is 1. The van der Waals surface area contributed by atoms with E-state index in [1.54, 1.807) is 18.2 Å². The van der Waals surface area contributed by atoms with Gasteiger partial charge < -0.3 is 9.15 Å². The fourth-order valence-electron chi connectivity index (χ4n) is 3.27. The number of hydrogen-bond acceptors (Lipinski definition) is 6. The van der Waals surface area contributed by atoms with Crippen LogP contribution in [0.2, 0.25) is 0 Å². The molecule has 7 nitrogen and oxygen atoms in total. The van der Waals surface area contributed by atoms with Crippen molar-refractivity contribution in [1.29, 1.82) is 0 Å². The van der Waals surface area contributed by atoms with Crippen molar-refractivity contribution in [1.82, 2.24) is 4.31 Å². The second kappa shape index (κ2) is 7.81. The molecule has 1 fully saturated rings. The maximum absolute atomic E-state index is 12.7. The average Bonchev–Trinajstić information content (AvgIpc) is 3.42. The van der Waals surface area contributed by atoms with E-state index in [1.165, 1.54) is 28.6 Å². The molecule has 0 N–H and O–H groups in total. The Morgan fingerprint density at radius 1 is 1.00 bits per heavy atom. The highest BCUT2D eigenvalue weighted by Crippen LogP contribution is 2.22. The van der Waals surface area contributed by atoms with Gasteiger partial charge in [-0.05, 0) is 43.2 Å². The second-order valence-electron chi connectivity index (χ2n) is 6.79. The van der Waals surface area contributed by atoms with Crippen molar-refractivity contribution in [3.63, 3.8) is 0 Å². The van der Waals surface area contributed by atoms with Crippen molar-refractivity contribution >= 4 is 32.7 Å². The largest absolute Gasteiger partial charge is 0.454 e. The number of benzene rings is 2. The van der Waals surface area contributed by atoms with E-state index in [1.807, 2.05) is 12.1 Å². The zero-order chi connectivity index (χ0) is 20.4. The van der Waals surface area contributed by atoms with Crippen LogP contribution in [-0.4, -0.2) is 44.2 Å². The minimum Gasteiger partial charge on any atom is -0.454 e. The number of nitrogens with zero attached hydrogens (tertiary/aromatic N) is 1. The van der Waals surface area contributed by atoms with Gasteiger partial charge in [-0.1, -0.05) is 24.3 Å². The van der Waals surface area contributed by atoms with Crippen molar-refractivity contribution in [3.05, 3.63) is 65.9 Å². The molecule has 29 heavy (non-hydrogen) atoms. The summed E-state index contributed by atoms with van der Waals surface area (Å²) < 4.78 is 37.3. The van der Waals surface area contributed by atoms with Crippen LogP contribution >= 0.6 is 0 Å². The van der Waals surface area contributed by atoms with Crippen LogP contribution in [0.4, 0.5) is 0 Å². The van der Waals surface area contributed by atoms with E-state index in [0.29, 0.717) is 18.7 Å². The van der Waals surface area contributed by atoms with Gasteiger partial charge in [0.05, 0.1) is 10.5 Å². The molecule has 0 amide bonds. The molecule has 1 aliphatic heterocycles. The molecule has 4 rings (SSSR count). The Hall–Kier alpha value is -2.97. The Balaban J connectivity index is 1.45. The van der Waals surface area contributed by atoms with E-state index < -0.39 is 28.4 Å². The summed E-state index contributed by atoms with van der Waals surface area (Å²) in [6.45, 7) is 0.452. The van der Waals surface area contributed by atoms with E-state index in [-0.39, 0.29) is 16.2 Å². The predicted octanol–water partition coefficient (Wildman–Crippen LogP) is 3.26. The Morgan fingerprint density at radius 3 is 2.52 bits per heavy atom. The van der Waals surface area contributed by atoms with Gasteiger partial charge in [0, 0.05) is 18.5 Å². The molecule has 0 aliphatic carbocycles. The number of hydrogen-bond donors (Lipinski definition) is 0. The molecule has 0 radical (unpaired) electrons. The molecule has 2 heterocycles. The predicted molar refractivity (Wildman–Crippen MR) is 105 cm³/mol. The number of furan rings is 1. The summed E-state index contributed by atoms with van der Waals surface area (Å²) in [5.41, 5.74) is 0.643. The van der Waals surface area contributed by atoms with Crippen LogP contribution in [0.1, 0.15) is 33.8 Å². The van der Waals surface area contributed by atoms with Crippen molar-refractivity contribution < 1.29 is 27.2 Å². The topological polar surface area (TPSA) is 93.9 Å². The number of para-hydroxylation sites is 1. The van der Waals surface area contributed by atoms with Gasteiger partial charge in [-0.2, -0.15) is 4.31 Å². The normalized spacial score (nSPS) is 14.9. The number of fused-ring (bicyclic) bond motifs is 1. The van der Waals surface area contributed by atoms with Crippen molar-refractivity contribution in [2.24, 2.45) is 0 Å². The van der Waals surface area contributed by atoms with Gasteiger partial charge in [0.25, 0.3) is 0 Å². The zero-order valence-corrected chi connectivity index (χ0v) is 16.4. The summed E-state index contributed by atoms with van der Waals surface area (Å²) in [7, 11) is -3.64. The van der Waals surface area contributed by atoms with Gasteiger partial charge in [-0.3, -0.25) is 4.79 Å². The lowest BCUT2D eigenvalue weighted by molar-refractivity contribution is 0.0468. The summed E-state index contributed by atoms with van der Waals surface area (Å²) in [5, 5.41) is 0.780. The van der Waals surface area contributed by atoms with Gasteiger partial charge in [0.1, 0.15) is 5.58 Å². The Bertz CT molecular complexity index is 1140. The number of rotatable bonds is 6. The van der Waals surface area contributed by atoms with Crippen LogP contribution in [0.15, 0.2) is 63.9 Å². The summed E-state index contributed by atoms with van der Waals surface area (Å²) in [4.78, 5) is 24.7. The van der Waals surface area contributed by atoms with Crippen molar-refractivity contribution in [2.45, 2.75) is 17.7 Å². The molecular weight excluding hydrogens is 394 g/mol. The molecule has 2 aromatic carbocycles. The van der Waals surface area contributed by atoms with Gasteiger partial charge in [0.15, 0.2) is 12.4 Å². The van der Waals surface area contributed by atoms with Crippen LogP contribution in [0.3, 0.4) is 0 Å². The molecule has 0 spiro atoms. The number of carbonyl (C=O) groups excluding carboxylic acids is 2. The van der Waals surface area contributed by atoms with Gasteiger partial charge in [-0.25, -0.2) is 13.2 Å². The smallest absolute Gasteiger partial charge is 0.338 e. The number of Topliss-reactive ketones (excluding diaryl/α,β-unsaturated/α-hetero) is 1. The summed E-state index contributed by atoms with van der Waals surface area (Å²) in [6.07, 6.45) is 1.65. The molecule has 1 aliphatic rings. The number of ether oxygens (including phenoxy) is 1. The zero-order valence-electron chi connectivity index (χ0n) is 15.5. The quantitative estimate of drug-likeness (QED) is 0.455. The minimum atomic E-state index is -3.64. The van der Waals surface area contributed by atoms with Crippen LogP contribution in [-0.2, 0) is 14.8 Å². The standard InChI is InChI=1S/C21H19NO6S/c23-18(20-13-15-6-1-2-9-19(15)28-20)14-27-21(24)16-7-5-8-17(12-16)29(25,26)22-10-3-4-11-22/h1-2,5-9,12-13H,3-4,10-11,14H2. The van der Waals surface area contributed by atoms with Crippen molar-refractivity contribution in [3.8, 4) is 0 Å². The van der Waals surface area contributed by atoms with E-state index in [2.05, 4.69) is 0 Å². The molecular formula is C21H19NO6S. The number of carbonyl (C=O) groups is 2. The first kappa shape index (κ1) is 19.4. The van der Waals surface area contributed by atoms with Crippen LogP contribution < -0.4 is 0 Å².